The first kappa shape index (κ1) is 17.8. The molecule has 0 radical (unpaired) electrons. The van der Waals surface area contributed by atoms with E-state index in [1.807, 2.05) is 63.7 Å². The summed E-state index contributed by atoms with van der Waals surface area (Å²) in [6.45, 7) is 1.91. The van der Waals surface area contributed by atoms with Crippen molar-refractivity contribution in [2.45, 2.75) is 25.0 Å². The van der Waals surface area contributed by atoms with Gasteiger partial charge < -0.3 is 14.5 Å². The Bertz CT molecular complexity index is 811. The molecule has 2 aliphatic rings. The largest absolute Gasteiger partial charge is 0.439 e. The van der Waals surface area contributed by atoms with Gasteiger partial charge in [-0.15, -0.1) is 11.3 Å². The van der Waals surface area contributed by atoms with Gasteiger partial charge >= 0.3 is 6.09 Å². The number of carbonyl (C=O) groups excluding carboxylic acids is 2. The number of cyclic esters (lactones) is 1. The molecule has 2 aliphatic heterocycles. The molecule has 1 aromatic carbocycles. The van der Waals surface area contributed by atoms with Gasteiger partial charge in [0.1, 0.15) is 6.10 Å². The van der Waals surface area contributed by atoms with Crippen molar-refractivity contribution in [2.75, 3.05) is 19.6 Å². The lowest BCUT2D eigenvalue weighted by Crippen LogP contribution is -2.46. The average Bonchev–Trinajstić information content (AvgIpc) is 3.37. The Balaban J connectivity index is 1.31. The number of carbonyl (C=O) groups is 2. The molecule has 140 valence electrons. The Morgan fingerprint density at radius 1 is 1.11 bits per heavy atom. The van der Waals surface area contributed by atoms with Crippen LogP contribution < -0.4 is 0 Å². The first-order valence-electron chi connectivity index (χ1n) is 9.23. The highest BCUT2D eigenvalue weighted by Crippen LogP contribution is 2.30. The SMILES string of the molecule is O=C(C=Cc1cccs1)N1CCC(N2CC(c3ccccc3)OC2=O)CC1. The van der Waals surface area contributed by atoms with Crippen LogP contribution in [0.15, 0.2) is 53.9 Å². The second kappa shape index (κ2) is 7.96. The quantitative estimate of drug-likeness (QED) is 0.753. The fourth-order valence-electron chi connectivity index (χ4n) is 3.66. The summed E-state index contributed by atoms with van der Waals surface area (Å²) in [5.74, 6) is 0.0352. The molecule has 1 unspecified atom stereocenters. The van der Waals surface area contributed by atoms with Crippen LogP contribution in [0.1, 0.15) is 29.4 Å². The van der Waals surface area contributed by atoms with Crippen molar-refractivity contribution in [3.05, 3.63) is 64.4 Å². The van der Waals surface area contributed by atoms with E-state index in [0.717, 1.165) is 23.3 Å². The zero-order chi connectivity index (χ0) is 18.6. The van der Waals surface area contributed by atoms with Crippen molar-refractivity contribution in [3.63, 3.8) is 0 Å². The summed E-state index contributed by atoms with van der Waals surface area (Å²) in [5.41, 5.74) is 1.03. The summed E-state index contributed by atoms with van der Waals surface area (Å²) >= 11 is 1.61. The Labute approximate surface area is 162 Å². The van der Waals surface area contributed by atoms with Gasteiger partial charge in [0, 0.05) is 30.1 Å². The number of hydrogen-bond acceptors (Lipinski definition) is 4. The minimum absolute atomic E-state index is 0.0352. The topological polar surface area (TPSA) is 49.9 Å². The number of likely N-dealkylation sites (tertiary alicyclic amines) is 1. The molecule has 2 aromatic rings. The molecule has 1 atom stereocenters. The molecular weight excluding hydrogens is 360 g/mol. The van der Waals surface area contributed by atoms with Crippen LogP contribution in [0.2, 0.25) is 0 Å². The van der Waals surface area contributed by atoms with E-state index in [-0.39, 0.29) is 24.1 Å². The molecule has 2 saturated heterocycles. The molecule has 0 aliphatic carbocycles. The number of thiophene rings is 1. The van der Waals surface area contributed by atoms with E-state index in [1.165, 1.54) is 0 Å². The second-order valence-electron chi connectivity index (χ2n) is 6.84. The summed E-state index contributed by atoms with van der Waals surface area (Å²) in [5, 5.41) is 1.99. The number of piperidine rings is 1. The molecule has 0 bridgehead atoms. The van der Waals surface area contributed by atoms with E-state index in [1.54, 1.807) is 17.4 Å². The molecule has 1 aromatic heterocycles. The lowest BCUT2D eigenvalue weighted by atomic mass is 10.0. The van der Waals surface area contributed by atoms with Crippen LogP contribution >= 0.6 is 11.3 Å². The zero-order valence-electron chi connectivity index (χ0n) is 15.0. The maximum absolute atomic E-state index is 12.4. The average molecular weight is 382 g/mol. The third kappa shape index (κ3) is 4.06. The standard InChI is InChI=1S/C21H22N2O3S/c24-20(9-8-18-7-4-14-27-18)22-12-10-17(11-13-22)23-15-19(26-21(23)25)16-5-2-1-3-6-16/h1-9,14,17,19H,10-13,15H2. The van der Waals surface area contributed by atoms with Crippen LogP contribution in [0.25, 0.3) is 6.08 Å². The lowest BCUT2D eigenvalue weighted by Gasteiger charge is -2.35. The number of nitrogens with zero attached hydrogens (tertiary/aromatic N) is 2. The molecule has 2 amide bonds. The monoisotopic (exact) mass is 382 g/mol. The maximum Gasteiger partial charge on any atom is 0.410 e. The van der Waals surface area contributed by atoms with Gasteiger partial charge in [0.05, 0.1) is 6.54 Å². The number of rotatable bonds is 4. The lowest BCUT2D eigenvalue weighted by molar-refractivity contribution is -0.127. The molecule has 27 heavy (non-hydrogen) atoms. The van der Waals surface area contributed by atoms with Crippen molar-refractivity contribution >= 4 is 29.4 Å². The highest BCUT2D eigenvalue weighted by molar-refractivity contribution is 7.10. The number of amides is 2. The van der Waals surface area contributed by atoms with Crippen LogP contribution in [0.5, 0.6) is 0 Å². The molecule has 6 heteroatoms. The molecule has 2 fully saturated rings. The van der Waals surface area contributed by atoms with Gasteiger partial charge in [-0.25, -0.2) is 4.79 Å². The van der Waals surface area contributed by atoms with Gasteiger partial charge in [-0.3, -0.25) is 4.79 Å². The fraction of sp³-hybridized carbons (Fsp3) is 0.333. The number of hydrogen-bond donors (Lipinski definition) is 0. The fourth-order valence-corrected chi connectivity index (χ4v) is 4.28. The van der Waals surface area contributed by atoms with Crippen LogP contribution in [0, 0.1) is 0 Å². The van der Waals surface area contributed by atoms with Gasteiger partial charge in [-0.1, -0.05) is 36.4 Å². The van der Waals surface area contributed by atoms with Crippen molar-refractivity contribution < 1.29 is 14.3 Å². The van der Waals surface area contributed by atoms with Crippen molar-refractivity contribution in [1.82, 2.24) is 9.80 Å². The van der Waals surface area contributed by atoms with Crippen molar-refractivity contribution in [2.24, 2.45) is 0 Å². The first-order chi connectivity index (χ1) is 13.2. The van der Waals surface area contributed by atoms with Crippen LogP contribution in [-0.4, -0.2) is 47.5 Å². The van der Waals surface area contributed by atoms with E-state index in [0.29, 0.717) is 19.6 Å². The normalized spacial score (nSPS) is 21.0. The van der Waals surface area contributed by atoms with E-state index in [9.17, 15) is 9.59 Å². The van der Waals surface area contributed by atoms with E-state index < -0.39 is 0 Å². The molecular formula is C21H22N2O3S. The predicted molar refractivity (Wildman–Crippen MR) is 105 cm³/mol. The Morgan fingerprint density at radius 2 is 1.89 bits per heavy atom. The predicted octanol–water partition coefficient (Wildman–Crippen LogP) is 3.95. The van der Waals surface area contributed by atoms with Gasteiger partial charge in [0.2, 0.25) is 5.91 Å². The smallest absolute Gasteiger partial charge is 0.410 e. The van der Waals surface area contributed by atoms with Crippen LogP contribution in [-0.2, 0) is 9.53 Å². The Morgan fingerprint density at radius 3 is 2.59 bits per heavy atom. The Kier molecular flexibility index (Phi) is 5.25. The molecule has 0 N–H and O–H groups in total. The summed E-state index contributed by atoms with van der Waals surface area (Å²) in [6, 6.07) is 13.9. The summed E-state index contributed by atoms with van der Waals surface area (Å²) in [4.78, 5) is 29.4. The molecule has 0 spiro atoms. The van der Waals surface area contributed by atoms with Crippen LogP contribution in [0.4, 0.5) is 4.79 Å². The summed E-state index contributed by atoms with van der Waals surface area (Å²) in [6.07, 6.45) is 4.63. The van der Waals surface area contributed by atoms with E-state index in [4.69, 9.17) is 4.74 Å². The highest BCUT2D eigenvalue weighted by Gasteiger charge is 2.38. The van der Waals surface area contributed by atoms with Crippen molar-refractivity contribution in [1.29, 1.82) is 0 Å². The van der Waals surface area contributed by atoms with E-state index >= 15 is 0 Å². The minimum Gasteiger partial charge on any atom is -0.439 e. The van der Waals surface area contributed by atoms with E-state index in [2.05, 4.69) is 0 Å². The Hall–Kier alpha value is -2.60. The summed E-state index contributed by atoms with van der Waals surface area (Å²) < 4.78 is 5.56. The third-order valence-electron chi connectivity index (χ3n) is 5.16. The third-order valence-corrected chi connectivity index (χ3v) is 6.00. The van der Waals surface area contributed by atoms with Crippen LogP contribution in [0.3, 0.4) is 0 Å². The first-order valence-corrected chi connectivity index (χ1v) is 10.1. The number of benzene rings is 1. The summed E-state index contributed by atoms with van der Waals surface area (Å²) in [7, 11) is 0. The molecule has 3 heterocycles. The zero-order valence-corrected chi connectivity index (χ0v) is 15.8. The highest BCUT2D eigenvalue weighted by atomic mass is 32.1. The number of ether oxygens (including phenoxy) is 1. The molecule has 0 saturated carbocycles. The van der Waals surface area contributed by atoms with Gasteiger partial charge in [-0.05, 0) is 35.9 Å². The molecule has 4 rings (SSSR count). The van der Waals surface area contributed by atoms with Crippen molar-refractivity contribution in [3.8, 4) is 0 Å². The second-order valence-corrected chi connectivity index (χ2v) is 7.82. The molecule has 5 nitrogen and oxygen atoms in total. The van der Waals surface area contributed by atoms with Gasteiger partial charge in [-0.2, -0.15) is 0 Å². The van der Waals surface area contributed by atoms with Gasteiger partial charge in [0.15, 0.2) is 0 Å². The minimum atomic E-state index is -0.244. The van der Waals surface area contributed by atoms with Gasteiger partial charge in [0.25, 0.3) is 0 Å². The maximum atomic E-state index is 12.4.